The minimum Gasteiger partial charge on any atom is -0.347 e. The summed E-state index contributed by atoms with van der Waals surface area (Å²) in [5.41, 5.74) is 6.41. The molecule has 1 aromatic rings. The Morgan fingerprint density at radius 3 is 3.00 bits per heavy atom. The third-order valence-corrected chi connectivity index (χ3v) is 3.21. The lowest BCUT2D eigenvalue weighted by Gasteiger charge is -2.16. The minimum atomic E-state index is 0.00537. The predicted octanol–water partition coefficient (Wildman–Crippen LogP) is 1.68. The summed E-state index contributed by atoms with van der Waals surface area (Å²) in [6, 6.07) is 4.45. The largest absolute Gasteiger partial charge is 0.347 e. The van der Waals surface area contributed by atoms with Crippen LogP contribution in [0.2, 0.25) is 0 Å². The number of nitrogens with two attached hydrogens (primary N) is 1. The highest BCUT2D eigenvalue weighted by molar-refractivity contribution is 5.93. The van der Waals surface area contributed by atoms with Crippen molar-refractivity contribution >= 4 is 5.91 Å². The first-order chi connectivity index (χ1) is 8.26. The molecule has 0 spiro atoms. The zero-order valence-electron chi connectivity index (χ0n) is 10.4. The zero-order chi connectivity index (χ0) is 12.3. The molecule has 4 nitrogen and oxygen atoms in total. The van der Waals surface area contributed by atoms with Gasteiger partial charge in [0.25, 0.3) is 5.91 Å². The first-order valence-electron chi connectivity index (χ1n) is 6.44. The molecule has 94 valence electrons. The normalized spacial score (nSPS) is 16.8. The molecule has 2 rings (SSSR count). The maximum Gasteiger partial charge on any atom is 0.268 e. The van der Waals surface area contributed by atoms with E-state index >= 15 is 0 Å². The molecule has 3 N–H and O–H groups in total. The van der Waals surface area contributed by atoms with E-state index in [2.05, 4.69) is 16.8 Å². The number of nitrogens with one attached hydrogen (secondary N) is 1. The van der Waals surface area contributed by atoms with E-state index in [1.54, 1.807) is 0 Å². The smallest absolute Gasteiger partial charge is 0.268 e. The molecule has 1 aliphatic carbocycles. The van der Waals surface area contributed by atoms with Crippen molar-refractivity contribution in [1.29, 1.82) is 0 Å². The van der Waals surface area contributed by atoms with Crippen LogP contribution in [0.1, 0.15) is 49.1 Å². The van der Waals surface area contributed by atoms with Gasteiger partial charge in [0.1, 0.15) is 5.69 Å². The lowest BCUT2D eigenvalue weighted by atomic mass is 10.1. The quantitative estimate of drug-likeness (QED) is 0.788. The molecule has 0 radical (unpaired) electrons. The Balaban J connectivity index is 2.00. The topological polar surface area (TPSA) is 60.0 Å². The van der Waals surface area contributed by atoms with Crippen LogP contribution in [0.4, 0.5) is 0 Å². The summed E-state index contributed by atoms with van der Waals surface area (Å²) in [4.78, 5) is 12.1. The van der Waals surface area contributed by atoms with Crippen molar-refractivity contribution in [3.05, 3.63) is 24.0 Å². The molecule has 1 heterocycles. The van der Waals surface area contributed by atoms with E-state index in [0.29, 0.717) is 12.6 Å². The molecular weight excluding hydrogens is 214 g/mol. The molecule has 1 saturated carbocycles. The van der Waals surface area contributed by atoms with Gasteiger partial charge < -0.3 is 15.6 Å². The van der Waals surface area contributed by atoms with Crippen LogP contribution in [0.5, 0.6) is 0 Å². The number of hydrogen-bond acceptors (Lipinski definition) is 2. The number of carbonyl (C=O) groups is 1. The molecule has 1 aromatic heterocycles. The number of rotatable bonds is 6. The Morgan fingerprint density at radius 1 is 1.65 bits per heavy atom. The molecule has 0 aliphatic heterocycles. The molecule has 0 saturated heterocycles. The van der Waals surface area contributed by atoms with Crippen LogP contribution >= 0.6 is 0 Å². The Hall–Kier alpha value is -1.29. The van der Waals surface area contributed by atoms with Gasteiger partial charge in [-0.3, -0.25) is 4.79 Å². The standard InChI is InChI=1S/C13H21N3O/c1-2-4-10(9-14)15-13(17)12-5-3-8-16(12)11-6-7-11/h3,5,8,10-11H,2,4,6-7,9,14H2,1H3,(H,15,17). The third-order valence-electron chi connectivity index (χ3n) is 3.21. The van der Waals surface area contributed by atoms with Gasteiger partial charge in [0.15, 0.2) is 0 Å². The number of aromatic nitrogens is 1. The van der Waals surface area contributed by atoms with Crippen molar-refractivity contribution in [3.63, 3.8) is 0 Å². The van der Waals surface area contributed by atoms with Crippen LogP contribution in [0.3, 0.4) is 0 Å². The molecule has 4 heteroatoms. The second-order valence-corrected chi connectivity index (χ2v) is 4.73. The number of hydrogen-bond donors (Lipinski definition) is 2. The van der Waals surface area contributed by atoms with Crippen LogP contribution in [-0.2, 0) is 0 Å². The van der Waals surface area contributed by atoms with Gasteiger partial charge in [-0.2, -0.15) is 0 Å². The second kappa shape index (κ2) is 5.36. The van der Waals surface area contributed by atoms with Crippen molar-refractivity contribution in [3.8, 4) is 0 Å². The van der Waals surface area contributed by atoms with E-state index in [1.807, 2.05) is 18.3 Å². The maximum atomic E-state index is 12.1. The summed E-state index contributed by atoms with van der Waals surface area (Å²) in [6.45, 7) is 2.60. The van der Waals surface area contributed by atoms with Crippen molar-refractivity contribution in [2.45, 2.75) is 44.7 Å². The van der Waals surface area contributed by atoms with Gasteiger partial charge in [0, 0.05) is 24.8 Å². The van der Waals surface area contributed by atoms with Crippen molar-refractivity contribution in [2.24, 2.45) is 5.73 Å². The molecular formula is C13H21N3O. The highest BCUT2D eigenvalue weighted by Gasteiger charge is 2.27. The number of carbonyl (C=O) groups excluding carboxylic acids is 1. The van der Waals surface area contributed by atoms with Crippen LogP contribution < -0.4 is 11.1 Å². The SMILES string of the molecule is CCCC(CN)NC(=O)c1cccn1C1CC1. The first kappa shape index (κ1) is 12.2. The van der Waals surface area contributed by atoms with Crippen molar-refractivity contribution in [2.75, 3.05) is 6.54 Å². The minimum absolute atomic E-state index is 0.00537. The summed E-state index contributed by atoms with van der Waals surface area (Å²) >= 11 is 0. The molecule has 1 fully saturated rings. The summed E-state index contributed by atoms with van der Waals surface area (Å²) in [6.07, 6.45) is 6.33. The monoisotopic (exact) mass is 235 g/mol. The van der Waals surface area contributed by atoms with E-state index in [-0.39, 0.29) is 11.9 Å². The van der Waals surface area contributed by atoms with Gasteiger partial charge in [-0.25, -0.2) is 0 Å². The zero-order valence-corrected chi connectivity index (χ0v) is 10.4. The van der Waals surface area contributed by atoms with Crippen LogP contribution in [0, 0.1) is 0 Å². The molecule has 17 heavy (non-hydrogen) atoms. The average molecular weight is 235 g/mol. The van der Waals surface area contributed by atoms with E-state index in [9.17, 15) is 4.79 Å². The maximum absolute atomic E-state index is 12.1. The van der Waals surface area contributed by atoms with E-state index in [4.69, 9.17) is 5.73 Å². The fourth-order valence-electron chi connectivity index (χ4n) is 2.11. The predicted molar refractivity (Wildman–Crippen MR) is 67.9 cm³/mol. The van der Waals surface area contributed by atoms with Gasteiger partial charge in [0.2, 0.25) is 0 Å². The van der Waals surface area contributed by atoms with Gasteiger partial charge >= 0.3 is 0 Å². The van der Waals surface area contributed by atoms with Crippen molar-refractivity contribution in [1.82, 2.24) is 9.88 Å². The molecule has 1 atom stereocenters. The van der Waals surface area contributed by atoms with E-state index in [1.165, 1.54) is 12.8 Å². The van der Waals surface area contributed by atoms with Gasteiger partial charge in [-0.1, -0.05) is 13.3 Å². The summed E-state index contributed by atoms with van der Waals surface area (Å²) in [7, 11) is 0. The van der Waals surface area contributed by atoms with E-state index in [0.717, 1.165) is 18.5 Å². The fourth-order valence-corrected chi connectivity index (χ4v) is 2.11. The Labute approximate surface area is 102 Å². The number of nitrogens with zero attached hydrogens (tertiary/aromatic N) is 1. The Morgan fingerprint density at radius 2 is 2.41 bits per heavy atom. The van der Waals surface area contributed by atoms with Crippen LogP contribution in [0.15, 0.2) is 18.3 Å². The van der Waals surface area contributed by atoms with Crippen molar-refractivity contribution < 1.29 is 4.79 Å². The lowest BCUT2D eigenvalue weighted by molar-refractivity contribution is 0.0926. The lowest BCUT2D eigenvalue weighted by Crippen LogP contribution is -2.40. The number of amides is 1. The molecule has 0 aromatic carbocycles. The third kappa shape index (κ3) is 2.88. The van der Waals surface area contributed by atoms with Crippen LogP contribution in [-0.4, -0.2) is 23.1 Å². The Bertz CT molecular complexity index is 382. The highest BCUT2D eigenvalue weighted by atomic mass is 16.2. The Kier molecular flexibility index (Phi) is 3.84. The molecule has 1 amide bonds. The van der Waals surface area contributed by atoms with E-state index < -0.39 is 0 Å². The first-order valence-corrected chi connectivity index (χ1v) is 6.44. The molecule has 1 unspecified atom stereocenters. The van der Waals surface area contributed by atoms with Gasteiger partial charge in [-0.05, 0) is 31.4 Å². The average Bonchev–Trinajstić information content (AvgIpc) is 3.06. The second-order valence-electron chi connectivity index (χ2n) is 4.73. The summed E-state index contributed by atoms with van der Waals surface area (Å²) in [5.74, 6) is 0.00537. The fraction of sp³-hybridized carbons (Fsp3) is 0.615. The van der Waals surface area contributed by atoms with Gasteiger partial charge in [-0.15, -0.1) is 0 Å². The molecule has 1 aliphatic rings. The van der Waals surface area contributed by atoms with Gasteiger partial charge in [0.05, 0.1) is 0 Å². The summed E-state index contributed by atoms with van der Waals surface area (Å²) in [5, 5.41) is 3.01. The summed E-state index contributed by atoms with van der Waals surface area (Å²) < 4.78 is 2.08. The van der Waals surface area contributed by atoms with Crippen LogP contribution in [0.25, 0.3) is 0 Å². The highest BCUT2D eigenvalue weighted by Crippen LogP contribution is 2.35. The molecule has 0 bridgehead atoms.